The van der Waals surface area contributed by atoms with E-state index in [1.807, 2.05) is 18.2 Å². The molecule has 1 aliphatic carbocycles. The van der Waals surface area contributed by atoms with Crippen molar-refractivity contribution in [1.82, 2.24) is 4.90 Å². The van der Waals surface area contributed by atoms with E-state index in [9.17, 15) is 9.90 Å². The monoisotopic (exact) mass is 392 g/mol. The highest BCUT2D eigenvalue weighted by molar-refractivity contribution is 5.81. The van der Waals surface area contributed by atoms with Gasteiger partial charge in [0.1, 0.15) is 5.75 Å². The highest BCUT2D eigenvalue weighted by Crippen LogP contribution is 2.48. The lowest BCUT2D eigenvalue weighted by molar-refractivity contribution is -0.139. The van der Waals surface area contributed by atoms with Gasteiger partial charge in [-0.15, -0.1) is 0 Å². The van der Waals surface area contributed by atoms with Gasteiger partial charge in [-0.1, -0.05) is 24.6 Å². The number of rotatable bonds is 4. The number of benzene rings is 2. The van der Waals surface area contributed by atoms with Crippen molar-refractivity contribution in [2.24, 2.45) is 11.8 Å². The zero-order chi connectivity index (χ0) is 20.0. The van der Waals surface area contributed by atoms with Crippen LogP contribution in [0.1, 0.15) is 37.3 Å². The van der Waals surface area contributed by atoms with Crippen molar-refractivity contribution in [1.29, 1.82) is 0 Å². The van der Waals surface area contributed by atoms with Crippen molar-refractivity contribution in [3.05, 3.63) is 48.0 Å². The molecule has 2 aromatic carbocycles. The summed E-state index contributed by atoms with van der Waals surface area (Å²) in [6.07, 6.45) is 4.14. The minimum Gasteiger partial charge on any atom is -0.497 e. The first kappa shape index (κ1) is 18.5. The van der Waals surface area contributed by atoms with Crippen LogP contribution in [0.5, 0.6) is 5.75 Å². The minimum absolute atomic E-state index is 0.00522. The lowest BCUT2D eigenvalue weighted by Crippen LogP contribution is -2.45. The molecule has 2 fully saturated rings. The lowest BCUT2D eigenvalue weighted by atomic mass is 9.80. The first-order chi connectivity index (χ1) is 14.2. The molecule has 5 heteroatoms. The van der Waals surface area contributed by atoms with Crippen LogP contribution in [0.3, 0.4) is 0 Å². The smallest absolute Gasteiger partial charge is 0.226 e. The van der Waals surface area contributed by atoms with Crippen LogP contribution in [0.4, 0.5) is 5.69 Å². The fourth-order valence-corrected chi connectivity index (χ4v) is 5.18. The average molecular weight is 392 g/mol. The number of carbonyl (C=O) groups excluding carboxylic acids is 1. The Bertz CT molecular complexity index is 924. The summed E-state index contributed by atoms with van der Waals surface area (Å²) in [5, 5.41) is 13.5. The average Bonchev–Trinajstić information content (AvgIpc) is 3.17. The standard InChI is InChI=1S/C24H28N2O3/c1-29-18-7-3-6-16(12-18)17-8-9-21-20(13-17)23-19(22(14-27)25-21)10-11-26(23)24(28)15-4-2-5-15/h3,6-9,12-13,15,19,22-23,25,27H,2,4-5,10-11,14H2,1H3/t19-,22-,23-/m1/s1. The highest BCUT2D eigenvalue weighted by Gasteiger charge is 2.47. The van der Waals surface area contributed by atoms with Gasteiger partial charge in [0.15, 0.2) is 0 Å². The number of carbonyl (C=O) groups is 1. The minimum atomic E-state index is -0.00522. The number of hydrogen-bond acceptors (Lipinski definition) is 4. The highest BCUT2D eigenvalue weighted by atomic mass is 16.5. The van der Waals surface area contributed by atoms with Gasteiger partial charge in [0.05, 0.1) is 25.8 Å². The molecule has 5 rings (SSSR count). The topological polar surface area (TPSA) is 61.8 Å². The second kappa shape index (κ2) is 7.38. The molecule has 0 spiro atoms. The third-order valence-electron chi connectivity index (χ3n) is 7.01. The summed E-state index contributed by atoms with van der Waals surface area (Å²) in [7, 11) is 1.68. The summed E-state index contributed by atoms with van der Waals surface area (Å²) in [5.41, 5.74) is 4.42. The van der Waals surface area contributed by atoms with Crippen molar-refractivity contribution in [3.8, 4) is 16.9 Å². The summed E-state index contributed by atoms with van der Waals surface area (Å²) in [6.45, 7) is 0.870. The molecule has 0 bridgehead atoms. The van der Waals surface area contributed by atoms with Crippen LogP contribution < -0.4 is 10.1 Å². The molecule has 3 aliphatic rings. The van der Waals surface area contributed by atoms with E-state index in [-0.39, 0.29) is 30.5 Å². The van der Waals surface area contributed by atoms with Gasteiger partial charge >= 0.3 is 0 Å². The van der Waals surface area contributed by atoms with Gasteiger partial charge in [-0.2, -0.15) is 0 Å². The number of amides is 1. The summed E-state index contributed by atoms with van der Waals surface area (Å²) < 4.78 is 5.39. The van der Waals surface area contributed by atoms with Crippen LogP contribution in [0, 0.1) is 11.8 Å². The molecule has 0 aromatic heterocycles. The first-order valence-electron chi connectivity index (χ1n) is 10.7. The molecule has 152 valence electrons. The fraction of sp³-hybridized carbons (Fsp3) is 0.458. The molecule has 29 heavy (non-hydrogen) atoms. The number of methoxy groups -OCH3 is 1. The van der Waals surface area contributed by atoms with Crippen molar-refractivity contribution in [2.75, 3.05) is 25.6 Å². The maximum atomic E-state index is 13.2. The van der Waals surface area contributed by atoms with E-state index in [1.54, 1.807) is 7.11 Å². The molecule has 2 aliphatic heterocycles. The van der Waals surface area contributed by atoms with Gasteiger partial charge < -0.3 is 20.1 Å². The van der Waals surface area contributed by atoms with Crippen molar-refractivity contribution in [3.63, 3.8) is 0 Å². The van der Waals surface area contributed by atoms with E-state index in [0.717, 1.165) is 54.8 Å². The van der Waals surface area contributed by atoms with Gasteiger partial charge in [0.2, 0.25) is 5.91 Å². The zero-order valence-electron chi connectivity index (χ0n) is 16.8. The number of ether oxygens (including phenoxy) is 1. The van der Waals surface area contributed by atoms with E-state index in [2.05, 4.69) is 34.5 Å². The van der Waals surface area contributed by atoms with Gasteiger partial charge in [0.25, 0.3) is 0 Å². The van der Waals surface area contributed by atoms with Crippen LogP contribution in [0.15, 0.2) is 42.5 Å². The number of nitrogens with one attached hydrogen (secondary N) is 1. The number of aliphatic hydroxyl groups is 1. The molecule has 2 aromatic rings. The van der Waals surface area contributed by atoms with E-state index in [0.29, 0.717) is 5.91 Å². The number of likely N-dealkylation sites (tertiary alicyclic amines) is 1. The molecule has 1 saturated carbocycles. The van der Waals surface area contributed by atoms with E-state index in [4.69, 9.17) is 4.74 Å². The Balaban J connectivity index is 1.55. The molecule has 5 nitrogen and oxygen atoms in total. The Morgan fingerprint density at radius 2 is 2.00 bits per heavy atom. The van der Waals surface area contributed by atoms with Crippen LogP contribution in [0.2, 0.25) is 0 Å². The fourth-order valence-electron chi connectivity index (χ4n) is 5.18. The van der Waals surface area contributed by atoms with Gasteiger partial charge in [0, 0.05) is 24.1 Å². The summed E-state index contributed by atoms with van der Waals surface area (Å²) in [4.78, 5) is 15.3. The predicted octanol–water partition coefficient (Wildman–Crippen LogP) is 3.84. The van der Waals surface area contributed by atoms with Gasteiger partial charge in [-0.3, -0.25) is 4.79 Å². The lowest BCUT2D eigenvalue weighted by Gasteiger charge is -2.41. The molecule has 1 amide bonds. The van der Waals surface area contributed by atoms with Crippen molar-refractivity contribution >= 4 is 11.6 Å². The quantitative estimate of drug-likeness (QED) is 0.830. The predicted molar refractivity (Wildman–Crippen MR) is 113 cm³/mol. The van der Waals surface area contributed by atoms with E-state index < -0.39 is 0 Å². The normalized spacial score (nSPS) is 25.6. The molecule has 0 radical (unpaired) electrons. The van der Waals surface area contributed by atoms with Gasteiger partial charge in [-0.25, -0.2) is 0 Å². The summed E-state index contributed by atoms with van der Waals surface area (Å²) in [6, 6.07) is 14.5. The number of fused-ring (bicyclic) bond motifs is 3. The number of aliphatic hydroxyl groups excluding tert-OH is 1. The third-order valence-corrected chi connectivity index (χ3v) is 7.01. The number of hydrogen-bond donors (Lipinski definition) is 2. The number of anilines is 1. The molecule has 3 atom stereocenters. The molecular weight excluding hydrogens is 364 g/mol. The second-order valence-corrected chi connectivity index (χ2v) is 8.52. The van der Waals surface area contributed by atoms with Crippen molar-refractivity contribution in [2.45, 2.75) is 37.8 Å². The molecule has 2 N–H and O–H groups in total. The SMILES string of the molecule is COc1cccc(-c2ccc3c(c2)[C@H]2[C@H](CCN2C(=O)C2CCC2)[C@@H](CO)N3)c1. The molecular formula is C24H28N2O3. The third kappa shape index (κ3) is 3.08. The van der Waals surface area contributed by atoms with Crippen LogP contribution in [-0.4, -0.2) is 42.2 Å². The van der Waals surface area contributed by atoms with E-state index in [1.165, 1.54) is 5.56 Å². The van der Waals surface area contributed by atoms with Crippen LogP contribution in [0.25, 0.3) is 11.1 Å². The van der Waals surface area contributed by atoms with E-state index >= 15 is 0 Å². The largest absolute Gasteiger partial charge is 0.497 e. The van der Waals surface area contributed by atoms with Crippen LogP contribution in [-0.2, 0) is 4.79 Å². The zero-order valence-corrected chi connectivity index (χ0v) is 16.8. The molecule has 0 unspecified atom stereocenters. The Hall–Kier alpha value is -2.53. The maximum Gasteiger partial charge on any atom is 0.226 e. The van der Waals surface area contributed by atoms with Crippen molar-refractivity contribution < 1.29 is 14.6 Å². The summed E-state index contributed by atoms with van der Waals surface area (Å²) >= 11 is 0. The Morgan fingerprint density at radius 1 is 1.17 bits per heavy atom. The first-order valence-corrected chi connectivity index (χ1v) is 10.7. The Kier molecular flexibility index (Phi) is 4.70. The van der Waals surface area contributed by atoms with Crippen LogP contribution >= 0.6 is 0 Å². The van der Waals surface area contributed by atoms with Gasteiger partial charge in [-0.05, 0) is 60.2 Å². The summed E-state index contributed by atoms with van der Waals surface area (Å²) in [5.74, 6) is 1.58. The Labute approximate surface area is 171 Å². The Morgan fingerprint density at radius 3 is 2.72 bits per heavy atom. The molecule has 1 saturated heterocycles. The maximum absolute atomic E-state index is 13.2. The molecule has 2 heterocycles. The number of nitrogens with zero attached hydrogens (tertiary/aromatic N) is 1. The second-order valence-electron chi connectivity index (χ2n) is 8.52.